The molecule has 1 amide bonds. The Labute approximate surface area is 114 Å². The summed E-state index contributed by atoms with van der Waals surface area (Å²) in [6.07, 6.45) is 8.73. The average molecular weight is 262 g/mol. The molecule has 104 valence electrons. The SMILES string of the molecule is CNC1C(=O)N(C2CCCCC2)CCc2ccoc21. The van der Waals surface area contributed by atoms with E-state index in [0.717, 1.165) is 31.6 Å². The van der Waals surface area contributed by atoms with Crippen LogP contribution in [-0.2, 0) is 11.2 Å². The predicted molar refractivity (Wildman–Crippen MR) is 72.8 cm³/mol. The molecule has 0 aromatic carbocycles. The maximum absolute atomic E-state index is 12.7. The lowest BCUT2D eigenvalue weighted by Gasteiger charge is -2.35. The minimum atomic E-state index is -0.311. The minimum absolute atomic E-state index is 0.183. The number of hydrogen-bond donors (Lipinski definition) is 1. The van der Waals surface area contributed by atoms with Crippen molar-refractivity contribution >= 4 is 5.91 Å². The van der Waals surface area contributed by atoms with Crippen molar-refractivity contribution in [1.29, 1.82) is 0 Å². The Morgan fingerprint density at radius 3 is 2.84 bits per heavy atom. The molecular formula is C15H22N2O2. The van der Waals surface area contributed by atoms with Crippen LogP contribution >= 0.6 is 0 Å². The highest BCUT2D eigenvalue weighted by Gasteiger charge is 2.35. The fraction of sp³-hybridized carbons (Fsp3) is 0.667. The molecule has 1 aliphatic carbocycles. The lowest BCUT2D eigenvalue weighted by molar-refractivity contribution is -0.136. The highest BCUT2D eigenvalue weighted by Crippen LogP contribution is 2.30. The van der Waals surface area contributed by atoms with Gasteiger partial charge in [0.1, 0.15) is 11.8 Å². The van der Waals surface area contributed by atoms with Gasteiger partial charge in [0.05, 0.1) is 6.26 Å². The summed E-state index contributed by atoms with van der Waals surface area (Å²) in [4.78, 5) is 14.8. The smallest absolute Gasteiger partial charge is 0.247 e. The average Bonchev–Trinajstić information content (AvgIpc) is 2.85. The summed E-state index contributed by atoms with van der Waals surface area (Å²) in [6.45, 7) is 0.828. The number of nitrogens with one attached hydrogen (secondary N) is 1. The molecule has 1 atom stereocenters. The second-order valence-electron chi connectivity index (χ2n) is 5.61. The zero-order valence-electron chi connectivity index (χ0n) is 11.5. The standard InChI is InChI=1S/C15H22N2O2/c1-16-13-14-11(8-10-19-14)7-9-17(15(13)18)12-5-3-2-4-6-12/h8,10,12-13,16H,2-7,9H2,1H3. The van der Waals surface area contributed by atoms with Gasteiger partial charge < -0.3 is 14.6 Å². The summed E-state index contributed by atoms with van der Waals surface area (Å²) in [7, 11) is 1.83. The zero-order chi connectivity index (χ0) is 13.2. The van der Waals surface area contributed by atoms with Crippen molar-refractivity contribution in [2.75, 3.05) is 13.6 Å². The molecule has 19 heavy (non-hydrogen) atoms. The Hall–Kier alpha value is -1.29. The molecule has 2 aliphatic rings. The molecule has 3 rings (SSSR count). The summed E-state index contributed by atoms with van der Waals surface area (Å²) in [6, 6.07) is 2.12. The van der Waals surface area contributed by atoms with Gasteiger partial charge in [-0.2, -0.15) is 0 Å². The third kappa shape index (κ3) is 2.29. The van der Waals surface area contributed by atoms with E-state index in [9.17, 15) is 4.79 Å². The number of carbonyl (C=O) groups excluding carboxylic acids is 1. The molecule has 1 aromatic heterocycles. The van der Waals surface area contributed by atoms with Crippen molar-refractivity contribution in [3.8, 4) is 0 Å². The van der Waals surface area contributed by atoms with Crippen molar-refractivity contribution < 1.29 is 9.21 Å². The first-order valence-corrected chi connectivity index (χ1v) is 7.35. The van der Waals surface area contributed by atoms with Gasteiger partial charge in [0.2, 0.25) is 5.91 Å². The number of nitrogens with zero attached hydrogens (tertiary/aromatic N) is 1. The number of likely N-dealkylation sites (N-methyl/N-ethyl adjacent to an activating group) is 1. The zero-order valence-corrected chi connectivity index (χ0v) is 11.5. The number of fused-ring (bicyclic) bond motifs is 1. The largest absolute Gasteiger partial charge is 0.467 e. The van der Waals surface area contributed by atoms with Crippen molar-refractivity contribution in [3.63, 3.8) is 0 Å². The van der Waals surface area contributed by atoms with Crippen LogP contribution in [0.15, 0.2) is 16.7 Å². The number of hydrogen-bond acceptors (Lipinski definition) is 3. The van der Waals surface area contributed by atoms with Gasteiger partial charge in [0.15, 0.2) is 0 Å². The fourth-order valence-electron chi connectivity index (χ4n) is 3.45. The first kappa shape index (κ1) is 12.7. The Bertz CT molecular complexity index is 449. The van der Waals surface area contributed by atoms with Crippen LogP contribution in [-0.4, -0.2) is 30.4 Å². The molecule has 1 aliphatic heterocycles. The van der Waals surface area contributed by atoms with Crippen molar-refractivity contribution in [1.82, 2.24) is 10.2 Å². The van der Waals surface area contributed by atoms with Gasteiger partial charge in [0.25, 0.3) is 0 Å². The van der Waals surface area contributed by atoms with E-state index in [1.807, 2.05) is 13.1 Å². The van der Waals surface area contributed by atoms with Gasteiger partial charge in [-0.1, -0.05) is 19.3 Å². The molecule has 1 saturated carbocycles. The molecule has 0 bridgehead atoms. The topological polar surface area (TPSA) is 45.5 Å². The van der Waals surface area contributed by atoms with E-state index in [2.05, 4.69) is 10.2 Å². The molecule has 2 heterocycles. The first-order valence-electron chi connectivity index (χ1n) is 7.35. The van der Waals surface area contributed by atoms with Crippen molar-refractivity contribution in [2.24, 2.45) is 0 Å². The van der Waals surface area contributed by atoms with Crippen LogP contribution in [0.25, 0.3) is 0 Å². The number of furan rings is 1. The molecule has 1 N–H and O–H groups in total. The van der Waals surface area contributed by atoms with E-state index in [4.69, 9.17) is 4.42 Å². The van der Waals surface area contributed by atoms with Gasteiger partial charge in [-0.3, -0.25) is 4.79 Å². The Kier molecular flexibility index (Phi) is 3.60. The quantitative estimate of drug-likeness (QED) is 0.889. The third-order valence-corrected chi connectivity index (χ3v) is 4.50. The van der Waals surface area contributed by atoms with E-state index in [-0.39, 0.29) is 11.9 Å². The van der Waals surface area contributed by atoms with Crippen LogP contribution in [0.1, 0.15) is 49.5 Å². The molecular weight excluding hydrogens is 240 g/mol. The van der Waals surface area contributed by atoms with Gasteiger partial charge >= 0.3 is 0 Å². The van der Waals surface area contributed by atoms with E-state index < -0.39 is 0 Å². The molecule has 1 fully saturated rings. The van der Waals surface area contributed by atoms with Crippen molar-refractivity contribution in [2.45, 2.75) is 50.6 Å². The fourth-order valence-corrected chi connectivity index (χ4v) is 3.45. The minimum Gasteiger partial charge on any atom is -0.467 e. The van der Waals surface area contributed by atoms with Gasteiger partial charge in [-0.25, -0.2) is 0 Å². The van der Waals surface area contributed by atoms with Gasteiger partial charge in [0, 0.05) is 12.6 Å². The summed E-state index contributed by atoms with van der Waals surface area (Å²) in [5, 5.41) is 3.12. The summed E-state index contributed by atoms with van der Waals surface area (Å²) >= 11 is 0. The highest BCUT2D eigenvalue weighted by molar-refractivity contribution is 5.84. The molecule has 0 saturated heterocycles. The van der Waals surface area contributed by atoms with Crippen LogP contribution in [0.5, 0.6) is 0 Å². The molecule has 1 aromatic rings. The lowest BCUT2D eigenvalue weighted by atomic mass is 9.94. The van der Waals surface area contributed by atoms with Gasteiger partial charge in [-0.05, 0) is 37.9 Å². The van der Waals surface area contributed by atoms with E-state index in [0.29, 0.717) is 6.04 Å². The van der Waals surface area contributed by atoms with Crippen LogP contribution in [0.2, 0.25) is 0 Å². The van der Waals surface area contributed by atoms with E-state index in [1.165, 1.54) is 24.8 Å². The Morgan fingerprint density at radius 2 is 2.11 bits per heavy atom. The van der Waals surface area contributed by atoms with E-state index >= 15 is 0 Å². The van der Waals surface area contributed by atoms with E-state index in [1.54, 1.807) is 6.26 Å². The predicted octanol–water partition coefficient (Wildman–Crippen LogP) is 2.26. The normalized spacial score (nSPS) is 25.2. The van der Waals surface area contributed by atoms with Crippen LogP contribution < -0.4 is 5.32 Å². The lowest BCUT2D eigenvalue weighted by Crippen LogP contribution is -2.46. The second kappa shape index (κ2) is 5.37. The summed E-state index contributed by atoms with van der Waals surface area (Å²) in [5.74, 6) is 0.994. The molecule has 0 spiro atoms. The molecule has 4 nitrogen and oxygen atoms in total. The van der Waals surface area contributed by atoms with Crippen molar-refractivity contribution in [3.05, 3.63) is 23.7 Å². The van der Waals surface area contributed by atoms with Crippen LogP contribution in [0, 0.1) is 0 Å². The Morgan fingerprint density at radius 1 is 1.32 bits per heavy atom. The molecule has 1 unspecified atom stereocenters. The maximum atomic E-state index is 12.7. The Balaban J connectivity index is 1.85. The highest BCUT2D eigenvalue weighted by atomic mass is 16.3. The number of rotatable bonds is 2. The first-order chi connectivity index (χ1) is 9.31. The summed E-state index contributed by atoms with van der Waals surface area (Å²) < 4.78 is 5.54. The van der Waals surface area contributed by atoms with Crippen LogP contribution in [0.3, 0.4) is 0 Å². The summed E-state index contributed by atoms with van der Waals surface area (Å²) in [5.41, 5.74) is 1.17. The number of amides is 1. The second-order valence-corrected chi connectivity index (χ2v) is 5.61. The molecule has 4 heteroatoms. The molecule has 0 radical (unpaired) electrons. The maximum Gasteiger partial charge on any atom is 0.247 e. The van der Waals surface area contributed by atoms with Crippen LogP contribution in [0.4, 0.5) is 0 Å². The third-order valence-electron chi connectivity index (χ3n) is 4.50. The number of carbonyl (C=O) groups is 1. The monoisotopic (exact) mass is 262 g/mol. The van der Waals surface area contributed by atoms with Gasteiger partial charge in [-0.15, -0.1) is 0 Å².